The first-order chi connectivity index (χ1) is 10.0. The second kappa shape index (κ2) is 5.39. The average molecular weight is 321 g/mol. The van der Waals surface area contributed by atoms with E-state index in [2.05, 4.69) is 10.6 Å². The van der Waals surface area contributed by atoms with Crippen molar-refractivity contribution < 1.29 is 9.59 Å². The fourth-order valence-electron chi connectivity index (χ4n) is 2.19. The Morgan fingerprint density at radius 1 is 0.905 bits per heavy atom. The van der Waals surface area contributed by atoms with E-state index >= 15 is 0 Å². The number of imide groups is 1. The number of carbonyl (C=O) groups excluding carboxylic acids is 2. The molecule has 0 saturated carbocycles. The van der Waals surface area contributed by atoms with Crippen molar-refractivity contribution in [2.45, 2.75) is 6.54 Å². The molecule has 2 amide bonds. The van der Waals surface area contributed by atoms with Crippen molar-refractivity contribution in [3.8, 4) is 0 Å². The molecule has 2 aromatic rings. The predicted octanol–water partition coefficient (Wildman–Crippen LogP) is 3.49. The molecular formula is C15H10Cl2N2O2. The van der Waals surface area contributed by atoms with Crippen LogP contribution < -0.4 is 10.6 Å². The molecule has 0 saturated heterocycles. The molecule has 1 aliphatic heterocycles. The van der Waals surface area contributed by atoms with Crippen LogP contribution in [0.5, 0.6) is 0 Å². The maximum Gasteiger partial charge on any atom is 0.259 e. The van der Waals surface area contributed by atoms with Crippen LogP contribution in [-0.2, 0) is 6.54 Å². The summed E-state index contributed by atoms with van der Waals surface area (Å²) in [5, 5.41) is 6.57. The zero-order valence-electron chi connectivity index (χ0n) is 10.7. The highest BCUT2D eigenvalue weighted by Gasteiger charge is 2.26. The summed E-state index contributed by atoms with van der Waals surface area (Å²) in [4.78, 5) is 23.1. The Balaban J connectivity index is 1.79. The number of hydrogen-bond donors (Lipinski definition) is 2. The topological polar surface area (TPSA) is 58.2 Å². The van der Waals surface area contributed by atoms with E-state index in [1.54, 1.807) is 24.3 Å². The number of hydrogen-bond acceptors (Lipinski definition) is 3. The van der Waals surface area contributed by atoms with Gasteiger partial charge in [0.2, 0.25) is 0 Å². The summed E-state index contributed by atoms with van der Waals surface area (Å²) in [6.45, 7) is 0.509. The lowest BCUT2D eigenvalue weighted by Gasteiger charge is -2.08. The predicted molar refractivity (Wildman–Crippen MR) is 82.0 cm³/mol. The summed E-state index contributed by atoms with van der Waals surface area (Å²) >= 11 is 11.9. The highest BCUT2D eigenvalue weighted by atomic mass is 35.5. The van der Waals surface area contributed by atoms with Crippen LogP contribution >= 0.6 is 23.2 Å². The first kappa shape index (κ1) is 13.9. The Morgan fingerprint density at radius 3 is 2.29 bits per heavy atom. The van der Waals surface area contributed by atoms with Crippen molar-refractivity contribution in [2.75, 3.05) is 5.32 Å². The molecule has 1 aliphatic rings. The molecule has 0 aromatic heterocycles. The van der Waals surface area contributed by atoms with E-state index in [0.717, 1.165) is 11.3 Å². The molecule has 0 aliphatic carbocycles. The molecule has 2 aromatic carbocycles. The van der Waals surface area contributed by atoms with Crippen molar-refractivity contribution in [1.82, 2.24) is 5.32 Å². The van der Waals surface area contributed by atoms with Gasteiger partial charge in [-0.25, -0.2) is 0 Å². The summed E-state index contributed by atoms with van der Waals surface area (Å²) in [5.41, 5.74) is 2.45. The minimum absolute atomic E-state index is 0.358. The SMILES string of the molecule is O=C1NC(=O)c2cc(NCc3cc(Cl)cc(Cl)c3)ccc21. The summed E-state index contributed by atoms with van der Waals surface area (Å²) in [5.74, 6) is -0.729. The molecule has 3 rings (SSSR count). The van der Waals surface area contributed by atoms with E-state index in [1.807, 2.05) is 12.1 Å². The smallest absolute Gasteiger partial charge is 0.259 e. The van der Waals surface area contributed by atoms with Gasteiger partial charge in [0.1, 0.15) is 0 Å². The van der Waals surface area contributed by atoms with Gasteiger partial charge in [-0.2, -0.15) is 0 Å². The molecule has 0 radical (unpaired) electrons. The highest BCUT2D eigenvalue weighted by Crippen LogP contribution is 2.22. The van der Waals surface area contributed by atoms with Crippen molar-refractivity contribution >= 4 is 40.7 Å². The van der Waals surface area contributed by atoms with Gasteiger partial charge in [0.15, 0.2) is 0 Å². The molecule has 0 fully saturated rings. The van der Waals surface area contributed by atoms with Crippen LogP contribution in [0.2, 0.25) is 10.0 Å². The molecule has 4 nitrogen and oxygen atoms in total. The number of benzene rings is 2. The van der Waals surface area contributed by atoms with Crippen molar-refractivity contribution in [3.05, 3.63) is 63.1 Å². The largest absolute Gasteiger partial charge is 0.381 e. The van der Waals surface area contributed by atoms with Gasteiger partial charge in [0.05, 0.1) is 11.1 Å². The summed E-state index contributed by atoms with van der Waals surface area (Å²) in [6, 6.07) is 10.3. The van der Waals surface area contributed by atoms with Crippen molar-refractivity contribution in [2.24, 2.45) is 0 Å². The van der Waals surface area contributed by atoms with Crippen molar-refractivity contribution in [1.29, 1.82) is 0 Å². The van der Waals surface area contributed by atoms with Gasteiger partial charge < -0.3 is 5.32 Å². The molecule has 106 valence electrons. The van der Waals surface area contributed by atoms with Gasteiger partial charge in [-0.05, 0) is 42.0 Å². The lowest BCUT2D eigenvalue weighted by atomic mass is 10.1. The minimum atomic E-state index is -0.371. The normalized spacial score (nSPS) is 13.0. The van der Waals surface area contributed by atoms with E-state index in [4.69, 9.17) is 23.2 Å². The first-order valence-electron chi connectivity index (χ1n) is 6.21. The molecule has 1 heterocycles. The van der Waals surface area contributed by atoms with Crippen LogP contribution in [0.25, 0.3) is 0 Å². The van der Waals surface area contributed by atoms with Crippen LogP contribution in [0.1, 0.15) is 26.3 Å². The summed E-state index contributed by atoms with van der Waals surface area (Å²) < 4.78 is 0. The van der Waals surface area contributed by atoms with Gasteiger partial charge in [0, 0.05) is 22.3 Å². The lowest BCUT2D eigenvalue weighted by Crippen LogP contribution is -2.19. The van der Waals surface area contributed by atoms with E-state index in [-0.39, 0.29) is 11.8 Å². The molecular weight excluding hydrogens is 311 g/mol. The number of halogens is 2. The monoisotopic (exact) mass is 320 g/mol. The third-order valence-corrected chi connectivity index (χ3v) is 3.59. The quantitative estimate of drug-likeness (QED) is 0.851. The van der Waals surface area contributed by atoms with Gasteiger partial charge in [-0.1, -0.05) is 23.2 Å². The van der Waals surface area contributed by atoms with E-state index < -0.39 is 0 Å². The number of anilines is 1. The zero-order valence-corrected chi connectivity index (χ0v) is 12.3. The standard InChI is InChI=1S/C15H10Cl2N2O2/c16-9-3-8(4-10(17)5-9)7-18-11-1-2-12-13(6-11)15(21)19-14(12)20/h1-6,18H,7H2,(H,19,20,21). The van der Waals surface area contributed by atoms with Crippen LogP contribution in [-0.4, -0.2) is 11.8 Å². The minimum Gasteiger partial charge on any atom is -0.381 e. The van der Waals surface area contributed by atoms with Gasteiger partial charge >= 0.3 is 0 Å². The van der Waals surface area contributed by atoms with E-state index in [0.29, 0.717) is 27.7 Å². The fraction of sp³-hybridized carbons (Fsp3) is 0.0667. The maximum atomic E-state index is 11.6. The molecule has 0 atom stereocenters. The summed E-state index contributed by atoms with van der Waals surface area (Å²) in [7, 11) is 0. The van der Waals surface area contributed by atoms with Crippen LogP contribution in [0.3, 0.4) is 0 Å². The van der Waals surface area contributed by atoms with Gasteiger partial charge in [0.25, 0.3) is 11.8 Å². The molecule has 0 bridgehead atoms. The van der Waals surface area contributed by atoms with E-state index in [1.165, 1.54) is 0 Å². The third-order valence-electron chi connectivity index (χ3n) is 3.15. The Morgan fingerprint density at radius 2 is 1.57 bits per heavy atom. The zero-order chi connectivity index (χ0) is 15.0. The van der Waals surface area contributed by atoms with Crippen molar-refractivity contribution in [3.63, 3.8) is 0 Å². The number of amides is 2. The Labute approximate surface area is 131 Å². The molecule has 0 unspecified atom stereocenters. The van der Waals surface area contributed by atoms with Gasteiger partial charge in [-0.3, -0.25) is 14.9 Å². The second-order valence-electron chi connectivity index (χ2n) is 4.67. The Kier molecular flexibility index (Phi) is 3.57. The number of fused-ring (bicyclic) bond motifs is 1. The first-order valence-corrected chi connectivity index (χ1v) is 6.97. The average Bonchev–Trinajstić information content (AvgIpc) is 2.70. The molecule has 2 N–H and O–H groups in total. The van der Waals surface area contributed by atoms with Crippen LogP contribution in [0.15, 0.2) is 36.4 Å². The fourth-order valence-corrected chi connectivity index (χ4v) is 2.77. The number of nitrogens with one attached hydrogen (secondary N) is 2. The van der Waals surface area contributed by atoms with Crippen LogP contribution in [0, 0.1) is 0 Å². The number of carbonyl (C=O) groups is 2. The second-order valence-corrected chi connectivity index (χ2v) is 5.55. The third kappa shape index (κ3) is 2.86. The molecule has 6 heteroatoms. The Hall–Kier alpha value is -2.04. The molecule has 0 spiro atoms. The highest BCUT2D eigenvalue weighted by molar-refractivity contribution is 6.34. The van der Waals surface area contributed by atoms with Crippen LogP contribution in [0.4, 0.5) is 5.69 Å². The summed E-state index contributed by atoms with van der Waals surface area (Å²) in [6.07, 6.45) is 0. The number of rotatable bonds is 3. The Bertz CT molecular complexity index is 739. The molecule has 21 heavy (non-hydrogen) atoms. The lowest BCUT2D eigenvalue weighted by molar-refractivity contribution is 0.0879. The van der Waals surface area contributed by atoms with E-state index in [9.17, 15) is 9.59 Å². The maximum absolute atomic E-state index is 11.6. The van der Waals surface area contributed by atoms with Gasteiger partial charge in [-0.15, -0.1) is 0 Å².